The normalized spacial score (nSPS) is 16.2. The van der Waals surface area contributed by atoms with Gasteiger partial charge in [-0.05, 0) is 57.1 Å². The van der Waals surface area contributed by atoms with Crippen molar-refractivity contribution in [1.82, 2.24) is 19.9 Å². The van der Waals surface area contributed by atoms with E-state index in [-0.39, 0.29) is 5.91 Å². The molecule has 3 aromatic heterocycles. The van der Waals surface area contributed by atoms with E-state index in [9.17, 15) is 4.79 Å². The summed E-state index contributed by atoms with van der Waals surface area (Å²) in [4.78, 5) is 34.7. The molecule has 1 amide bonds. The molecule has 0 aromatic carbocycles. The summed E-state index contributed by atoms with van der Waals surface area (Å²) in [6.45, 7) is 1.90. The van der Waals surface area contributed by atoms with E-state index >= 15 is 0 Å². The number of carbonyl (C=O) groups is 1. The fraction of sp³-hybridized carbons (Fsp3) is 0.409. The SMILES string of the molecule is O=C(Nc1nc2c(s1)CCCC2)c1cnc(N2CCCCC2)nc1-c1ccncc1. The number of rotatable bonds is 4. The smallest absolute Gasteiger partial charge is 0.261 e. The lowest BCUT2D eigenvalue weighted by Gasteiger charge is -2.27. The molecule has 3 aromatic rings. The van der Waals surface area contributed by atoms with Crippen molar-refractivity contribution in [3.63, 3.8) is 0 Å². The number of aromatic nitrogens is 4. The Morgan fingerprint density at radius 1 is 1.00 bits per heavy atom. The molecule has 8 heteroatoms. The zero-order valence-corrected chi connectivity index (χ0v) is 17.6. The average molecular weight is 421 g/mol. The number of thiazole rings is 1. The summed E-state index contributed by atoms with van der Waals surface area (Å²) in [6.07, 6.45) is 13.0. The number of pyridine rings is 1. The topological polar surface area (TPSA) is 83.9 Å². The number of nitrogens with one attached hydrogen (secondary N) is 1. The standard InChI is InChI=1S/C22H24N6OS/c29-20(27-22-25-17-6-2-3-7-18(17)30-22)16-14-24-21(28-12-4-1-5-13-28)26-19(16)15-8-10-23-11-9-15/h8-11,14H,1-7,12-13H2,(H,25,27,29). The Morgan fingerprint density at radius 2 is 1.80 bits per heavy atom. The third kappa shape index (κ3) is 3.92. The molecule has 30 heavy (non-hydrogen) atoms. The first-order chi connectivity index (χ1) is 14.8. The van der Waals surface area contributed by atoms with Gasteiger partial charge in [-0.25, -0.2) is 15.0 Å². The minimum absolute atomic E-state index is 0.224. The summed E-state index contributed by atoms with van der Waals surface area (Å²) >= 11 is 1.58. The first-order valence-corrected chi connectivity index (χ1v) is 11.4. The number of hydrogen-bond acceptors (Lipinski definition) is 7. The Balaban J connectivity index is 1.47. The molecule has 4 heterocycles. The van der Waals surface area contributed by atoms with Gasteiger partial charge in [0.25, 0.3) is 5.91 Å². The molecule has 0 radical (unpaired) electrons. The van der Waals surface area contributed by atoms with Crippen LogP contribution in [0.25, 0.3) is 11.3 Å². The molecule has 1 fully saturated rings. The van der Waals surface area contributed by atoms with Gasteiger partial charge in [-0.15, -0.1) is 11.3 Å². The van der Waals surface area contributed by atoms with Gasteiger partial charge in [0.15, 0.2) is 5.13 Å². The number of hydrogen-bond donors (Lipinski definition) is 1. The highest BCUT2D eigenvalue weighted by Gasteiger charge is 2.22. The fourth-order valence-electron chi connectivity index (χ4n) is 4.08. The molecule has 0 unspecified atom stereocenters. The van der Waals surface area contributed by atoms with E-state index in [1.54, 1.807) is 29.9 Å². The quantitative estimate of drug-likeness (QED) is 0.684. The van der Waals surface area contributed by atoms with E-state index in [0.29, 0.717) is 22.3 Å². The van der Waals surface area contributed by atoms with Gasteiger partial charge in [0, 0.05) is 42.1 Å². The predicted octanol–water partition coefficient (Wildman–Crippen LogP) is 4.12. The Kier molecular flexibility index (Phi) is 5.40. The highest BCUT2D eigenvalue weighted by molar-refractivity contribution is 7.15. The second-order valence-electron chi connectivity index (χ2n) is 7.77. The van der Waals surface area contributed by atoms with Gasteiger partial charge in [-0.1, -0.05) is 0 Å². The van der Waals surface area contributed by atoms with Crippen molar-refractivity contribution in [1.29, 1.82) is 0 Å². The van der Waals surface area contributed by atoms with Crippen molar-refractivity contribution in [2.45, 2.75) is 44.9 Å². The molecule has 0 spiro atoms. The van der Waals surface area contributed by atoms with Crippen molar-refractivity contribution in [2.24, 2.45) is 0 Å². The summed E-state index contributed by atoms with van der Waals surface area (Å²) in [7, 11) is 0. The molecule has 1 N–H and O–H groups in total. The lowest BCUT2D eigenvalue weighted by Crippen LogP contribution is -2.31. The van der Waals surface area contributed by atoms with Crippen LogP contribution in [0.15, 0.2) is 30.7 Å². The lowest BCUT2D eigenvalue weighted by atomic mass is 10.0. The number of nitrogens with zero attached hydrogens (tertiary/aromatic N) is 5. The second kappa shape index (κ2) is 8.47. The first kappa shape index (κ1) is 19.1. The van der Waals surface area contributed by atoms with E-state index in [0.717, 1.165) is 50.0 Å². The highest BCUT2D eigenvalue weighted by Crippen LogP contribution is 2.31. The van der Waals surface area contributed by atoms with Crippen LogP contribution in [0.5, 0.6) is 0 Å². The number of fused-ring (bicyclic) bond motifs is 1. The molecule has 5 rings (SSSR count). The fourth-order valence-corrected chi connectivity index (χ4v) is 5.13. The molecule has 1 aliphatic heterocycles. The lowest BCUT2D eigenvalue weighted by molar-refractivity contribution is 0.102. The van der Waals surface area contributed by atoms with Crippen LogP contribution in [-0.2, 0) is 12.8 Å². The third-order valence-corrected chi connectivity index (χ3v) is 6.75. The summed E-state index contributed by atoms with van der Waals surface area (Å²) in [5.74, 6) is 0.459. The van der Waals surface area contributed by atoms with Crippen LogP contribution >= 0.6 is 11.3 Å². The van der Waals surface area contributed by atoms with Gasteiger partial charge in [0.2, 0.25) is 5.95 Å². The molecule has 0 saturated carbocycles. The highest BCUT2D eigenvalue weighted by atomic mass is 32.1. The molecular formula is C22H24N6OS. The molecule has 0 bridgehead atoms. The zero-order chi connectivity index (χ0) is 20.3. The molecule has 1 saturated heterocycles. The number of piperidine rings is 1. The largest absolute Gasteiger partial charge is 0.341 e. The van der Waals surface area contributed by atoms with E-state index in [1.807, 2.05) is 12.1 Å². The van der Waals surface area contributed by atoms with Gasteiger partial charge < -0.3 is 4.90 Å². The van der Waals surface area contributed by atoms with Crippen LogP contribution in [-0.4, -0.2) is 38.9 Å². The van der Waals surface area contributed by atoms with Crippen LogP contribution in [0.2, 0.25) is 0 Å². The maximum absolute atomic E-state index is 13.2. The van der Waals surface area contributed by atoms with E-state index in [4.69, 9.17) is 4.98 Å². The van der Waals surface area contributed by atoms with Crippen molar-refractivity contribution in [3.8, 4) is 11.3 Å². The Bertz CT molecular complexity index is 1020. The molecule has 154 valence electrons. The van der Waals surface area contributed by atoms with Crippen molar-refractivity contribution < 1.29 is 4.79 Å². The van der Waals surface area contributed by atoms with Crippen LogP contribution in [0.3, 0.4) is 0 Å². The van der Waals surface area contributed by atoms with Crippen LogP contribution in [0, 0.1) is 0 Å². The maximum Gasteiger partial charge on any atom is 0.261 e. The van der Waals surface area contributed by atoms with E-state index < -0.39 is 0 Å². The van der Waals surface area contributed by atoms with E-state index in [2.05, 4.69) is 25.2 Å². The second-order valence-corrected chi connectivity index (χ2v) is 8.85. The third-order valence-electron chi connectivity index (χ3n) is 5.68. The Hall–Kier alpha value is -2.87. The number of anilines is 2. The molecule has 0 atom stereocenters. The summed E-state index contributed by atoms with van der Waals surface area (Å²) in [6, 6.07) is 3.75. The number of amides is 1. The molecule has 2 aliphatic rings. The molecule has 1 aliphatic carbocycles. The van der Waals surface area contributed by atoms with Gasteiger partial charge in [-0.2, -0.15) is 0 Å². The predicted molar refractivity (Wildman–Crippen MR) is 118 cm³/mol. The Labute approximate surface area is 179 Å². The number of aryl methyl sites for hydroxylation is 2. The van der Waals surface area contributed by atoms with Crippen LogP contribution in [0.4, 0.5) is 11.1 Å². The van der Waals surface area contributed by atoms with Crippen molar-refractivity contribution in [3.05, 3.63) is 46.9 Å². The molecule has 7 nitrogen and oxygen atoms in total. The van der Waals surface area contributed by atoms with Gasteiger partial charge in [0.05, 0.1) is 17.0 Å². The minimum atomic E-state index is -0.224. The van der Waals surface area contributed by atoms with Crippen LogP contribution in [0.1, 0.15) is 53.0 Å². The minimum Gasteiger partial charge on any atom is -0.341 e. The summed E-state index contributed by atoms with van der Waals surface area (Å²) in [5, 5.41) is 3.64. The average Bonchev–Trinajstić information content (AvgIpc) is 3.22. The monoisotopic (exact) mass is 420 g/mol. The van der Waals surface area contributed by atoms with E-state index in [1.165, 1.54) is 24.1 Å². The van der Waals surface area contributed by atoms with Gasteiger partial charge in [0.1, 0.15) is 0 Å². The van der Waals surface area contributed by atoms with Gasteiger partial charge >= 0.3 is 0 Å². The maximum atomic E-state index is 13.2. The zero-order valence-electron chi connectivity index (χ0n) is 16.8. The summed E-state index contributed by atoms with van der Waals surface area (Å²) < 4.78 is 0. The van der Waals surface area contributed by atoms with Gasteiger partial charge in [-0.3, -0.25) is 15.1 Å². The van der Waals surface area contributed by atoms with Crippen LogP contribution < -0.4 is 10.2 Å². The first-order valence-electron chi connectivity index (χ1n) is 10.6. The van der Waals surface area contributed by atoms with Crippen molar-refractivity contribution >= 4 is 28.3 Å². The number of carbonyl (C=O) groups excluding carboxylic acids is 1. The van der Waals surface area contributed by atoms with Crippen molar-refractivity contribution in [2.75, 3.05) is 23.3 Å². The summed E-state index contributed by atoms with van der Waals surface area (Å²) in [5.41, 5.74) is 3.07. The Morgan fingerprint density at radius 3 is 2.60 bits per heavy atom. The molecular weight excluding hydrogens is 396 g/mol.